The van der Waals surface area contributed by atoms with Crippen LogP contribution in [0.3, 0.4) is 0 Å². The Hall–Kier alpha value is -3.06. The smallest absolute Gasteiger partial charge is 0.362 e. The van der Waals surface area contributed by atoms with Gasteiger partial charge in [-0.15, -0.1) is 0 Å². The van der Waals surface area contributed by atoms with E-state index in [0.29, 0.717) is 24.1 Å². The molecule has 1 aliphatic heterocycles. The van der Waals surface area contributed by atoms with E-state index >= 15 is 0 Å². The van der Waals surface area contributed by atoms with Gasteiger partial charge in [-0.05, 0) is 49.4 Å². The Kier molecular flexibility index (Phi) is 6.34. The van der Waals surface area contributed by atoms with Crippen molar-refractivity contribution in [3.8, 4) is 0 Å². The van der Waals surface area contributed by atoms with Crippen molar-refractivity contribution in [3.05, 3.63) is 86.7 Å². The van der Waals surface area contributed by atoms with Gasteiger partial charge in [0.05, 0.1) is 16.3 Å². The third kappa shape index (κ3) is 5.01. The summed E-state index contributed by atoms with van der Waals surface area (Å²) < 4.78 is 39.7. The summed E-state index contributed by atoms with van der Waals surface area (Å²) in [5.41, 5.74) is 2.61. The molecule has 2 aliphatic rings. The standard InChI is InChI=1S/C27H26ClF3N2O2/c1-14-5-7-16(8-6-14)23-22(15(2)32-20-12-26(3,4)13-21(34)24(20)23)25(35)33-19-11-17(27(29,30)31)9-10-18(19)28/h5-11,23,32H,12-13H2,1-4H3,(H,33,35). The fourth-order valence-corrected chi connectivity index (χ4v) is 4.98. The van der Waals surface area contributed by atoms with Crippen molar-refractivity contribution < 1.29 is 22.8 Å². The lowest BCUT2D eigenvalue weighted by atomic mass is 9.68. The molecule has 2 aromatic carbocycles. The Labute approximate surface area is 207 Å². The number of halogens is 4. The van der Waals surface area contributed by atoms with Crippen molar-refractivity contribution in [2.75, 3.05) is 5.32 Å². The predicted molar refractivity (Wildman–Crippen MR) is 130 cm³/mol. The number of nitrogens with one attached hydrogen (secondary N) is 2. The van der Waals surface area contributed by atoms with Gasteiger partial charge in [-0.25, -0.2) is 0 Å². The van der Waals surface area contributed by atoms with E-state index < -0.39 is 23.6 Å². The van der Waals surface area contributed by atoms with Crippen LogP contribution in [0.2, 0.25) is 5.02 Å². The van der Waals surface area contributed by atoms with Crippen molar-refractivity contribution in [1.82, 2.24) is 5.32 Å². The van der Waals surface area contributed by atoms with Gasteiger partial charge < -0.3 is 10.6 Å². The van der Waals surface area contributed by atoms with Gasteiger partial charge in [0.1, 0.15) is 0 Å². The van der Waals surface area contributed by atoms with Gasteiger partial charge in [-0.1, -0.05) is 55.3 Å². The second-order valence-electron chi connectivity index (χ2n) is 9.99. The Morgan fingerprint density at radius 2 is 1.74 bits per heavy atom. The highest BCUT2D eigenvalue weighted by Gasteiger charge is 2.42. The van der Waals surface area contributed by atoms with Gasteiger partial charge in [-0.2, -0.15) is 13.2 Å². The zero-order valence-corrected chi connectivity index (χ0v) is 20.6. The number of amides is 1. The third-order valence-corrected chi connectivity index (χ3v) is 6.77. The number of anilines is 1. The van der Waals surface area contributed by atoms with Gasteiger partial charge in [-0.3, -0.25) is 9.59 Å². The van der Waals surface area contributed by atoms with Crippen LogP contribution in [0.4, 0.5) is 18.9 Å². The Morgan fingerprint density at radius 1 is 1.09 bits per heavy atom. The first-order valence-corrected chi connectivity index (χ1v) is 11.6. The van der Waals surface area contributed by atoms with Crippen LogP contribution >= 0.6 is 11.6 Å². The number of aryl methyl sites for hydroxylation is 1. The molecule has 4 rings (SSSR count). The summed E-state index contributed by atoms with van der Waals surface area (Å²) in [4.78, 5) is 26.9. The van der Waals surface area contributed by atoms with E-state index in [1.807, 2.05) is 45.0 Å². The van der Waals surface area contributed by atoms with Crippen molar-refractivity contribution in [2.24, 2.45) is 5.41 Å². The fraction of sp³-hybridized carbons (Fsp3) is 0.333. The van der Waals surface area contributed by atoms with Crippen LogP contribution in [0.1, 0.15) is 56.2 Å². The van der Waals surface area contributed by atoms with E-state index in [4.69, 9.17) is 11.6 Å². The average Bonchev–Trinajstić information content (AvgIpc) is 2.73. The minimum absolute atomic E-state index is 0.0179. The van der Waals surface area contributed by atoms with E-state index in [0.717, 1.165) is 35.0 Å². The second kappa shape index (κ2) is 8.86. The molecule has 0 saturated heterocycles. The van der Waals surface area contributed by atoms with Crippen LogP contribution in [0, 0.1) is 12.3 Å². The molecule has 1 atom stereocenters. The second-order valence-corrected chi connectivity index (χ2v) is 10.4. The molecule has 0 spiro atoms. The molecule has 0 bridgehead atoms. The molecule has 1 amide bonds. The zero-order valence-electron chi connectivity index (χ0n) is 19.9. The molecule has 0 radical (unpaired) electrons. The maximum absolute atomic E-state index is 13.6. The van der Waals surface area contributed by atoms with E-state index in [1.165, 1.54) is 0 Å². The molecule has 4 nitrogen and oxygen atoms in total. The first-order chi connectivity index (χ1) is 16.3. The highest BCUT2D eigenvalue weighted by molar-refractivity contribution is 6.34. The quantitative estimate of drug-likeness (QED) is 0.479. The molecule has 0 fully saturated rings. The van der Waals surface area contributed by atoms with Crippen molar-refractivity contribution in [3.63, 3.8) is 0 Å². The normalized spacial score (nSPS) is 19.9. The van der Waals surface area contributed by atoms with E-state index in [9.17, 15) is 22.8 Å². The predicted octanol–water partition coefficient (Wildman–Crippen LogP) is 6.91. The number of benzene rings is 2. The van der Waals surface area contributed by atoms with E-state index in [2.05, 4.69) is 10.6 Å². The number of dihydropyridines is 1. The van der Waals surface area contributed by atoms with Crippen LogP contribution in [0.15, 0.2) is 65.0 Å². The molecule has 35 heavy (non-hydrogen) atoms. The molecular weight excluding hydrogens is 477 g/mol. The lowest BCUT2D eigenvalue weighted by molar-refractivity contribution is -0.137. The first kappa shape index (κ1) is 25.0. The molecule has 2 aromatic rings. The molecule has 8 heteroatoms. The largest absolute Gasteiger partial charge is 0.416 e. The van der Waals surface area contributed by atoms with Gasteiger partial charge >= 0.3 is 6.18 Å². The first-order valence-electron chi connectivity index (χ1n) is 11.3. The summed E-state index contributed by atoms with van der Waals surface area (Å²) in [6, 6.07) is 10.3. The van der Waals surface area contributed by atoms with E-state index in [1.54, 1.807) is 6.92 Å². The summed E-state index contributed by atoms with van der Waals surface area (Å²) in [6.45, 7) is 7.72. The minimum Gasteiger partial charge on any atom is -0.362 e. The lowest BCUT2D eigenvalue weighted by Crippen LogP contribution is -2.39. The molecule has 2 N–H and O–H groups in total. The van der Waals surface area contributed by atoms with Crippen LogP contribution in [0.5, 0.6) is 0 Å². The highest BCUT2D eigenvalue weighted by Crippen LogP contribution is 2.47. The molecule has 1 heterocycles. The number of ketones is 1. The molecule has 1 aliphatic carbocycles. The summed E-state index contributed by atoms with van der Waals surface area (Å²) >= 11 is 6.12. The van der Waals surface area contributed by atoms with Crippen molar-refractivity contribution in [1.29, 1.82) is 0 Å². The van der Waals surface area contributed by atoms with Crippen molar-refractivity contribution >= 4 is 29.0 Å². The fourth-order valence-electron chi connectivity index (χ4n) is 4.82. The summed E-state index contributed by atoms with van der Waals surface area (Å²) in [6.07, 6.45) is -3.61. The average molecular weight is 503 g/mol. The number of Topliss-reactive ketones (excluding diaryl/α,β-unsaturated/α-hetero) is 1. The molecule has 0 aromatic heterocycles. The number of allylic oxidation sites excluding steroid dienone is 3. The van der Waals surface area contributed by atoms with E-state index in [-0.39, 0.29) is 27.5 Å². The monoisotopic (exact) mass is 502 g/mol. The summed E-state index contributed by atoms with van der Waals surface area (Å²) in [5, 5.41) is 5.79. The molecular formula is C27H26ClF3N2O2. The number of carbonyl (C=O) groups is 2. The number of hydrogen-bond acceptors (Lipinski definition) is 3. The third-order valence-electron chi connectivity index (χ3n) is 6.44. The Morgan fingerprint density at radius 3 is 2.37 bits per heavy atom. The summed E-state index contributed by atoms with van der Waals surface area (Å²) in [7, 11) is 0. The molecule has 184 valence electrons. The SMILES string of the molecule is CC1=C(C(=O)Nc2cc(C(F)(F)F)ccc2Cl)C(c2ccc(C)cc2)C2=C(CC(C)(C)CC2=O)N1. The Bertz CT molecular complexity index is 1270. The van der Waals surface area contributed by atoms with Crippen molar-refractivity contribution in [2.45, 2.75) is 52.6 Å². The minimum atomic E-state index is -4.59. The molecule has 1 unspecified atom stereocenters. The lowest BCUT2D eigenvalue weighted by Gasteiger charge is -2.39. The van der Waals surface area contributed by atoms with Gasteiger partial charge in [0.15, 0.2) is 5.78 Å². The van der Waals surface area contributed by atoms with Gasteiger partial charge in [0.25, 0.3) is 5.91 Å². The topological polar surface area (TPSA) is 58.2 Å². The number of alkyl halides is 3. The number of rotatable bonds is 3. The zero-order chi connectivity index (χ0) is 25.7. The molecule has 0 saturated carbocycles. The maximum atomic E-state index is 13.6. The number of hydrogen-bond donors (Lipinski definition) is 2. The van der Waals surface area contributed by atoms with Crippen LogP contribution < -0.4 is 10.6 Å². The summed E-state index contributed by atoms with van der Waals surface area (Å²) in [5.74, 6) is -1.32. The van der Waals surface area contributed by atoms with Gasteiger partial charge in [0, 0.05) is 34.9 Å². The maximum Gasteiger partial charge on any atom is 0.416 e. The highest BCUT2D eigenvalue weighted by atomic mass is 35.5. The van der Waals surface area contributed by atoms with Gasteiger partial charge in [0.2, 0.25) is 0 Å². The number of carbonyl (C=O) groups excluding carboxylic acids is 2. The van der Waals surface area contributed by atoms with Crippen LogP contribution in [-0.2, 0) is 15.8 Å². The van der Waals surface area contributed by atoms with Crippen LogP contribution in [-0.4, -0.2) is 11.7 Å². The Balaban J connectivity index is 1.79. The van der Waals surface area contributed by atoms with Crippen LogP contribution in [0.25, 0.3) is 0 Å².